The Morgan fingerprint density at radius 2 is 1.95 bits per heavy atom. The van der Waals surface area contributed by atoms with Gasteiger partial charge in [-0.1, -0.05) is 25.0 Å². The summed E-state index contributed by atoms with van der Waals surface area (Å²) < 4.78 is 13.4. The van der Waals surface area contributed by atoms with Gasteiger partial charge in [0.15, 0.2) is 0 Å². The molecule has 1 aromatic rings. The molecule has 0 heterocycles. The van der Waals surface area contributed by atoms with Crippen LogP contribution in [0.3, 0.4) is 0 Å². The number of amides is 1. The first kappa shape index (κ1) is 14.0. The number of carbonyl (C=O) groups excluding carboxylic acids is 1. The average Bonchev–Trinajstić information content (AvgIpc) is 2.45. The van der Waals surface area contributed by atoms with E-state index in [1.165, 1.54) is 12.1 Å². The molecule has 4 heteroatoms. The summed E-state index contributed by atoms with van der Waals surface area (Å²) in [6.45, 7) is 0.679. The standard InChI is InChI=1S/C15H20FNO2/c16-14-8-4-3-7-13(14)15(19)17-9-11-5-1-2-6-12(11)10-18/h3-4,7-8,11-12,18H,1-2,5-6,9-10H2,(H,17,19). The van der Waals surface area contributed by atoms with Crippen LogP contribution in [-0.4, -0.2) is 24.2 Å². The fourth-order valence-corrected chi connectivity index (χ4v) is 2.76. The highest BCUT2D eigenvalue weighted by molar-refractivity contribution is 5.94. The van der Waals surface area contributed by atoms with Crippen LogP contribution in [0.4, 0.5) is 4.39 Å². The monoisotopic (exact) mass is 265 g/mol. The number of aliphatic hydroxyl groups excluding tert-OH is 1. The minimum absolute atomic E-state index is 0.0823. The molecular formula is C15H20FNO2. The lowest BCUT2D eigenvalue weighted by atomic mass is 9.79. The normalized spacial score (nSPS) is 23.1. The number of hydrogen-bond donors (Lipinski definition) is 2. The van der Waals surface area contributed by atoms with Crippen molar-refractivity contribution in [3.05, 3.63) is 35.6 Å². The van der Waals surface area contributed by atoms with Gasteiger partial charge < -0.3 is 10.4 Å². The van der Waals surface area contributed by atoms with E-state index in [9.17, 15) is 14.3 Å². The quantitative estimate of drug-likeness (QED) is 0.878. The third-order valence-corrected chi connectivity index (χ3v) is 3.94. The minimum atomic E-state index is -0.498. The summed E-state index contributed by atoms with van der Waals surface area (Å²) in [7, 11) is 0. The molecule has 1 fully saturated rings. The number of aliphatic hydroxyl groups is 1. The molecule has 0 bridgehead atoms. The van der Waals surface area contributed by atoms with Gasteiger partial charge in [-0.25, -0.2) is 4.39 Å². The van der Waals surface area contributed by atoms with Crippen LogP contribution in [0.2, 0.25) is 0 Å². The highest BCUT2D eigenvalue weighted by Crippen LogP contribution is 2.29. The van der Waals surface area contributed by atoms with Crippen molar-refractivity contribution < 1.29 is 14.3 Å². The van der Waals surface area contributed by atoms with E-state index >= 15 is 0 Å². The fraction of sp³-hybridized carbons (Fsp3) is 0.533. The number of halogens is 1. The van der Waals surface area contributed by atoms with E-state index in [-0.39, 0.29) is 24.0 Å². The molecule has 0 radical (unpaired) electrons. The van der Waals surface area contributed by atoms with Crippen molar-refractivity contribution in [1.29, 1.82) is 0 Å². The lowest BCUT2D eigenvalue weighted by molar-refractivity contribution is 0.0905. The Labute approximate surface area is 112 Å². The first-order valence-corrected chi connectivity index (χ1v) is 6.86. The van der Waals surface area contributed by atoms with E-state index < -0.39 is 5.82 Å². The number of carbonyl (C=O) groups is 1. The van der Waals surface area contributed by atoms with Crippen molar-refractivity contribution in [3.8, 4) is 0 Å². The van der Waals surface area contributed by atoms with Gasteiger partial charge in [-0.15, -0.1) is 0 Å². The third-order valence-electron chi connectivity index (χ3n) is 3.94. The molecule has 1 aromatic carbocycles. The van der Waals surface area contributed by atoms with Crippen molar-refractivity contribution in [2.45, 2.75) is 25.7 Å². The van der Waals surface area contributed by atoms with Crippen LogP contribution in [0.5, 0.6) is 0 Å². The van der Waals surface area contributed by atoms with Crippen LogP contribution in [0.1, 0.15) is 36.0 Å². The lowest BCUT2D eigenvalue weighted by Crippen LogP contribution is -2.35. The molecule has 2 atom stereocenters. The molecule has 1 aliphatic rings. The molecule has 2 unspecified atom stereocenters. The van der Waals surface area contributed by atoms with Crippen LogP contribution < -0.4 is 5.32 Å². The molecule has 2 N–H and O–H groups in total. The maximum atomic E-state index is 13.4. The molecule has 0 aliphatic heterocycles. The molecule has 0 aromatic heterocycles. The summed E-state index contributed by atoms with van der Waals surface area (Å²) in [5, 5.41) is 12.1. The fourth-order valence-electron chi connectivity index (χ4n) is 2.76. The minimum Gasteiger partial charge on any atom is -0.396 e. The predicted molar refractivity (Wildman–Crippen MR) is 71.3 cm³/mol. The Bertz CT molecular complexity index is 436. The summed E-state index contributed by atoms with van der Waals surface area (Å²) in [5.41, 5.74) is 0.0823. The van der Waals surface area contributed by atoms with Gasteiger partial charge in [0.05, 0.1) is 5.56 Å². The summed E-state index contributed by atoms with van der Waals surface area (Å²) in [4.78, 5) is 11.9. The first-order valence-electron chi connectivity index (χ1n) is 6.86. The Kier molecular flexibility index (Phi) is 4.91. The molecular weight excluding hydrogens is 245 g/mol. The second kappa shape index (κ2) is 6.66. The molecule has 1 amide bonds. The van der Waals surface area contributed by atoms with Gasteiger partial charge in [-0.05, 0) is 36.8 Å². The topological polar surface area (TPSA) is 49.3 Å². The van der Waals surface area contributed by atoms with Crippen LogP contribution in [0.25, 0.3) is 0 Å². The molecule has 104 valence electrons. The van der Waals surface area contributed by atoms with Crippen molar-refractivity contribution in [3.63, 3.8) is 0 Å². The molecule has 1 aliphatic carbocycles. The van der Waals surface area contributed by atoms with E-state index in [1.54, 1.807) is 12.1 Å². The highest BCUT2D eigenvalue weighted by atomic mass is 19.1. The van der Waals surface area contributed by atoms with Gasteiger partial charge in [0, 0.05) is 13.2 Å². The van der Waals surface area contributed by atoms with Crippen molar-refractivity contribution in [2.75, 3.05) is 13.2 Å². The second-order valence-electron chi connectivity index (χ2n) is 5.18. The zero-order valence-electron chi connectivity index (χ0n) is 10.9. The molecule has 2 rings (SSSR count). The lowest BCUT2D eigenvalue weighted by Gasteiger charge is -2.30. The maximum absolute atomic E-state index is 13.4. The highest BCUT2D eigenvalue weighted by Gasteiger charge is 2.25. The number of nitrogens with one attached hydrogen (secondary N) is 1. The Morgan fingerprint density at radius 3 is 2.63 bits per heavy atom. The van der Waals surface area contributed by atoms with Gasteiger partial charge in [0.1, 0.15) is 5.82 Å². The van der Waals surface area contributed by atoms with E-state index in [0.717, 1.165) is 25.7 Å². The molecule has 0 spiro atoms. The smallest absolute Gasteiger partial charge is 0.254 e. The second-order valence-corrected chi connectivity index (χ2v) is 5.18. The van der Waals surface area contributed by atoms with Gasteiger partial charge >= 0.3 is 0 Å². The summed E-state index contributed by atoms with van der Waals surface area (Å²) in [5.74, 6) is -0.313. The zero-order chi connectivity index (χ0) is 13.7. The number of benzene rings is 1. The Balaban J connectivity index is 1.91. The summed E-state index contributed by atoms with van der Waals surface area (Å²) >= 11 is 0. The first-order chi connectivity index (χ1) is 9.22. The van der Waals surface area contributed by atoms with Crippen LogP contribution in [-0.2, 0) is 0 Å². The average molecular weight is 265 g/mol. The van der Waals surface area contributed by atoms with Crippen molar-refractivity contribution in [1.82, 2.24) is 5.32 Å². The zero-order valence-corrected chi connectivity index (χ0v) is 10.9. The van der Waals surface area contributed by atoms with Gasteiger partial charge in [0.2, 0.25) is 0 Å². The van der Waals surface area contributed by atoms with Gasteiger partial charge in [0.25, 0.3) is 5.91 Å². The predicted octanol–water partition coefficient (Wildman–Crippen LogP) is 2.35. The molecule has 19 heavy (non-hydrogen) atoms. The van der Waals surface area contributed by atoms with E-state index in [1.807, 2.05) is 0 Å². The largest absolute Gasteiger partial charge is 0.396 e. The summed E-state index contributed by atoms with van der Waals surface area (Å²) in [6, 6.07) is 5.98. The Hall–Kier alpha value is -1.42. The number of hydrogen-bond acceptors (Lipinski definition) is 2. The number of rotatable bonds is 4. The van der Waals surface area contributed by atoms with E-state index in [2.05, 4.69) is 5.32 Å². The van der Waals surface area contributed by atoms with E-state index in [0.29, 0.717) is 12.5 Å². The maximum Gasteiger partial charge on any atom is 0.254 e. The Morgan fingerprint density at radius 1 is 1.26 bits per heavy atom. The van der Waals surface area contributed by atoms with E-state index in [4.69, 9.17) is 0 Å². The van der Waals surface area contributed by atoms with Crippen LogP contribution in [0, 0.1) is 17.7 Å². The van der Waals surface area contributed by atoms with Gasteiger partial charge in [-0.2, -0.15) is 0 Å². The summed E-state index contributed by atoms with van der Waals surface area (Å²) in [6.07, 6.45) is 4.30. The molecule has 0 saturated heterocycles. The molecule has 1 saturated carbocycles. The van der Waals surface area contributed by atoms with Crippen LogP contribution in [0.15, 0.2) is 24.3 Å². The SMILES string of the molecule is O=C(NCC1CCCCC1CO)c1ccccc1F. The van der Waals surface area contributed by atoms with Crippen molar-refractivity contribution in [2.24, 2.45) is 11.8 Å². The third kappa shape index (κ3) is 3.53. The van der Waals surface area contributed by atoms with Crippen molar-refractivity contribution >= 4 is 5.91 Å². The molecule has 3 nitrogen and oxygen atoms in total. The van der Waals surface area contributed by atoms with Gasteiger partial charge in [-0.3, -0.25) is 4.79 Å². The van der Waals surface area contributed by atoms with Crippen LogP contribution >= 0.6 is 0 Å².